The van der Waals surface area contributed by atoms with Crippen molar-refractivity contribution in [3.8, 4) is 0 Å². The van der Waals surface area contributed by atoms with E-state index in [0.29, 0.717) is 0 Å². The lowest BCUT2D eigenvalue weighted by Crippen LogP contribution is -1.78. The van der Waals surface area contributed by atoms with Gasteiger partial charge in [0.25, 0.3) is 0 Å². The number of hydrogen-bond acceptors (Lipinski definition) is 1. The van der Waals surface area contributed by atoms with Crippen molar-refractivity contribution in [2.45, 2.75) is 20.8 Å². The van der Waals surface area contributed by atoms with Crippen molar-refractivity contribution in [3.63, 3.8) is 0 Å². The lowest BCUT2D eigenvalue weighted by Gasteiger charge is -1.96. The van der Waals surface area contributed by atoms with Crippen LogP contribution in [0.3, 0.4) is 0 Å². The number of hydrogen-bond donors (Lipinski definition) is 0. The molecule has 0 saturated heterocycles. The average Bonchev–Trinajstić information content (AvgIpc) is 2.86. The third-order valence-electron chi connectivity index (χ3n) is 3.11. The number of fused-ring (bicyclic) bond motifs is 1. The minimum Gasteiger partial charge on any atom is -0.456 e. The van der Waals surface area contributed by atoms with E-state index in [1.807, 2.05) is 13.0 Å². The second kappa shape index (κ2) is 7.34. The van der Waals surface area contributed by atoms with Gasteiger partial charge in [0.1, 0.15) is 11.3 Å². The van der Waals surface area contributed by atoms with Crippen LogP contribution in [0.4, 0.5) is 0 Å². The van der Waals surface area contributed by atoms with Crippen molar-refractivity contribution in [2.75, 3.05) is 0 Å². The van der Waals surface area contributed by atoms with Gasteiger partial charge in [0.2, 0.25) is 0 Å². The van der Waals surface area contributed by atoms with Crippen molar-refractivity contribution < 1.29 is 4.42 Å². The van der Waals surface area contributed by atoms with E-state index in [9.17, 15) is 0 Å². The molecular weight excluding hydrogens is 244 g/mol. The summed E-state index contributed by atoms with van der Waals surface area (Å²) in [4.78, 5) is 0. The molecule has 104 valence electrons. The fraction of sp³-hybridized carbons (Fsp3) is 0.158. The zero-order valence-corrected chi connectivity index (χ0v) is 12.6. The van der Waals surface area contributed by atoms with Crippen LogP contribution in [0, 0.1) is 6.92 Å². The largest absolute Gasteiger partial charge is 0.456 e. The van der Waals surface area contributed by atoms with Gasteiger partial charge in [-0.15, -0.1) is 0 Å². The summed E-state index contributed by atoms with van der Waals surface area (Å²) in [5.74, 6) is 0.932. The Bertz CT molecular complexity index is 648. The molecule has 1 nitrogen and oxygen atoms in total. The van der Waals surface area contributed by atoms with E-state index < -0.39 is 0 Å². The summed E-state index contributed by atoms with van der Waals surface area (Å²) in [5, 5.41) is 1.14. The normalized spacial score (nSPS) is 10.7. The number of furan rings is 1. The topological polar surface area (TPSA) is 13.1 Å². The van der Waals surface area contributed by atoms with Gasteiger partial charge in [-0.3, -0.25) is 0 Å². The fourth-order valence-corrected chi connectivity index (χ4v) is 1.91. The molecule has 20 heavy (non-hydrogen) atoms. The second-order valence-electron chi connectivity index (χ2n) is 4.44. The Morgan fingerprint density at radius 2 is 1.80 bits per heavy atom. The molecule has 0 fully saturated rings. The molecule has 2 aromatic rings. The molecule has 0 aliphatic carbocycles. The maximum Gasteiger partial charge on any atom is 0.138 e. The molecular formula is C19H22O. The third kappa shape index (κ3) is 3.18. The SMILES string of the molecule is C=CC=C.C=Cc1c(/C(C)=C\C)oc2c(C)cccc12. The molecule has 0 bridgehead atoms. The molecule has 1 aromatic carbocycles. The van der Waals surface area contributed by atoms with Gasteiger partial charge in [-0.1, -0.05) is 62.2 Å². The Labute approximate surface area is 121 Å². The molecule has 1 aromatic heterocycles. The van der Waals surface area contributed by atoms with Crippen LogP contribution < -0.4 is 0 Å². The molecule has 0 radical (unpaired) electrons. The number of para-hydroxylation sites is 1. The smallest absolute Gasteiger partial charge is 0.138 e. The average molecular weight is 266 g/mol. The van der Waals surface area contributed by atoms with Gasteiger partial charge in [0.15, 0.2) is 0 Å². The Balaban J connectivity index is 0.000000444. The minimum atomic E-state index is 0.932. The molecule has 0 amide bonds. The minimum absolute atomic E-state index is 0.932. The van der Waals surface area contributed by atoms with Gasteiger partial charge in [-0.05, 0) is 31.9 Å². The molecule has 0 N–H and O–H groups in total. The molecule has 0 aliphatic rings. The first kappa shape index (κ1) is 15.8. The number of aryl methyl sites for hydroxylation is 1. The van der Waals surface area contributed by atoms with Crippen LogP contribution in [-0.4, -0.2) is 0 Å². The second-order valence-corrected chi connectivity index (χ2v) is 4.44. The lowest BCUT2D eigenvalue weighted by molar-refractivity contribution is 0.596. The molecule has 1 heteroatoms. The molecule has 0 atom stereocenters. The quantitative estimate of drug-likeness (QED) is 0.606. The van der Waals surface area contributed by atoms with Gasteiger partial charge < -0.3 is 4.42 Å². The Hall–Kier alpha value is -2.28. The molecule has 0 spiro atoms. The molecule has 0 aliphatic heterocycles. The van der Waals surface area contributed by atoms with Crippen molar-refractivity contribution in [3.05, 3.63) is 73.1 Å². The predicted molar refractivity (Wildman–Crippen MR) is 90.8 cm³/mol. The monoisotopic (exact) mass is 266 g/mol. The van der Waals surface area contributed by atoms with Crippen LogP contribution >= 0.6 is 0 Å². The Kier molecular flexibility index (Phi) is 5.79. The van der Waals surface area contributed by atoms with Gasteiger partial charge in [-0.2, -0.15) is 0 Å². The van der Waals surface area contributed by atoms with E-state index in [1.165, 1.54) is 0 Å². The first-order valence-corrected chi connectivity index (χ1v) is 6.62. The van der Waals surface area contributed by atoms with Crippen LogP contribution in [0.2, 0.25) is 0 Å². The highest BCUT2D eigenvalue weighted by Crippen LogP contribution is 2.32. The zero-order valence-electron chi connectivity index (χ0n) is 12.6. The highest BCUT2D eigenvalue weighted by molar-refractivity contribution is 5.93. The van der Waals surface area contributed by atoms with Gasteiger partial charge in [0, 0.05) is 10.9 Å². The maximum absolute atomic E-state index is 5.93. The van der Waals surface area contributed by atoms with Gasteiger partial charge in [-0.25, -0.2) is 0 Å². The number of allylic oxidation sites excluding steroid dienone is 4. The summed E-state index contributed by atoms with van der Waals surface area (Å²) >= 11 is 0. The molecule has 2 rings (SSSR count). The van der Waals surface area contributed by atoms with Crippen molar-refractivity contribution in [1.82, 2.24) is 0 Å². The summed E-state index contributed by atoms with van der Waals surface area (Å²) in [5.41, 5.74) is 4.36. The summed E-state index contributed by atoms with van der Waals surface area (Å²) in [6.45, 7) is 16.7. The summed E-state index contributed by atoms with van der Waals surface area (Å²) in [6.07, 6.45) is 7.20. The molecule has 0 unspecified atom stereocenters. The third-order valence-corrected chi connectivity index (χ3v) is 3.11. The first-order valence-electron chi connectivity index (χ1n) is 6.62. The van der Waals surface area contributed by atoms with Crippen molar-refractivity contribution in [1.29, 1.82) is 0 Å². The zero-order chi connectivity index (χ0) is 15.1. The van der Waals surface area contributed by atoms with Crippen molar-refractivity contribution >= 4 is 22.6 Å². The standard InChI is InChI=1S/C15H16O.C4H6/c1-5-10(3)14-12(6-2)13-9-7-8-11(4)15(13)16-14;1-3-4-2/h5-9H,2H2,1,3-4H3;3-4H,1-2H2/b10-5-;. The first-order chi connectivity index (χ1) is 9.60. The Morgan fingerprint density at radius 3 is 2.30 bits per heavy atom. The van der Waals surface area contributed by atoms with E-state index in [0.717, 1.165) is 33.4 Å². The Morgan fingerprint density at radius 1 is 1.15 bits per heavy atom. The van der Waals surface area contributed by atoms with Crippen LogP contribution in [-0.2, 0) is 0 Å². The van der Waals surface area contributed by atoms with E-state index in [-0.39, 0.29) is 0 Å². The number of rotatable bonds is 3. The van der Waals surface area contributed by atoms with Crippen LogP contribution in [0.25, 0.3) is 22.6 Å². The summed E-state index contributed by atoms with van der Waals surface area (Å²) in [6, 6.07) is 6.19. The predicted octanol–water partition coefficient (Wildman–Crippen LogP) is 6.17. The van der Waals surface area contributed by atoms with Gasteiger partial charge >= 0.3 is 0 Å². The number of benzene rings is 1. The highest BCUT2D eigenvalue weighted by Gasteiger charge is 2.13. The van der Waals surface area contributed by atoms with E-state index in [1.54, 1.807) is 12.2 Å². The van der Waals surface area contributed by atoms with E-state index in [2.05, 4.69) is 57.9 Å². The summed E-state index contributed by atoms with van der Waals surface area (Å²) < 4.78 is 5.93. The highest BCUT2D eigenvalue weighted by atomic mass is 16.3. The molecule has 0 saturated carbocycles. The maximum atomic E-state index is 5.93. The fourth-order valence-electron chi connectivity index (χ4n) is 1.91. The van der Waals surface area contributed by atoms with E-state index >= 15 is 0 Å². The van der Waals surface area contributed by atoms with Gasteiger partial charge in [0.05, 0.1) is 0 Å². The summed E-state index contributed by atoms with van der Waals surface area (Å²) in [7, 11) is 0. The van der Waals surface area contributed by atoms with Crippen LogP contribution in [0.1, 0.15) is 30.7 Å². The van der Waals surface area contributed by atoms with Crippen LogP contribution in [0.15, 0.2) is 60.6 Å². The van der Waals surface area contributed by atoms with E-state index in [4.69, 9.17) is 4.42 Å². The lowest BCUT2D eigenvalue weighted by atomic mass is 10.1. The van der Waals surface area contributed by atoms with Crippen LogP contribution in [0.5, 0.6) is 0 Å². The molecule has 1 heterocycles. The van der Waals surface area contributed by atoms with Crippen molar-refractivity contribution in [2.24, 2.45) is 0 Å².